The summed E-state index contributed by atoms with van der Waals surface area (Å²) in [6, 6.07) is 2.36. The van der Waals surface area contributed by atoms with E-state index in [0.29, 0.717) is 5.56 Å². The summed E-state index contributed by atoms with van der Waals surface area (Å²) in [4.78, 5) is 10.2. The highest BCUT2D eigenvalue weighted by Crippen LogP contribution is 2.24. The Kier molecular flexibility index (Phi) is 4.08. The first-order chi connectivity index (χ1) is 7.04. The molecule has 0 aliphatic heterocycles. The molecule has 1 aromatic carbocycles. The second-order valence-corrected chi connectivity index (χ2v) is 3.80. The van der Waals surface area contributed by atoms with Crippen molar-refractivity contribution < 1.29 is 18.7 Å². The first-order valence-electron chi connectivity index (χ1n) is 4.28. The fourth-order valence-electron chi connectivity index (χ4n) is 1.20. The lowest BCUT2D eigenvalue weighted by Gasteiger charge is -2.04. The molecule has 1 rings (SSSR count). The first-order valence-corrected chi connectivity index (χ1v) is 5.50. The molecule has 0 saturated carbocycles. The monoisotopic (exact) mass is 232 g/mol. The van der Waals surface area contributed by atoms with Gasteiger partial charge >= 0.3 is 5.97 Å². The number of hydrogen-bond acceptors (Lipinski definition) is 2. The van der Waals surface area contributed by atoms with Crippen LogP contribution in [0.4, 0.5) is 8.78 Å². The van der Waals surface area contributed by atoms with Crippen LogP contribution in [0.5, 0.6) is 0 Å². The van der Waals surface area contributed by atoms with Gasteiger partial charge in [0, 0.05) is 6.42 Å². The Bertz CT molecular complexity index is 357. The Labute approximate surface area is 90.3 Å². The van der Waals surface area contributed by atoms with Crippen molar-refractivity contribution in [1.82, 2.24) is 0 Å². The molecule has 0 atom stereocenters. The van der Waals surface area contributed by atoms with Crippen molar-refractivity contribution in [2.45, 2.75) is 17.7 Å². The molecule has 0 aliphatic rings. The number of aryl methyl sites for hydroxylation is 1. The number of hydrogen-bond donors (Lipinski definition) is 1. The number of carbonyl (C=O) groups is 1. The Morgan fingerprint density at radius 3 is 2.33 bits per heavy atom. The fraction of sp³-hybridized carbons (Fsp3) is 0.300. The van der Waals surface area contributed by atoms with Crippen molar-refractivity contribution in [1.29, 1.82) is 0 Å². The Morgan fingerprint density at radius 2 is 1.93 bits per heavy atom. The number of carboxylic acids is 1. The minimum absolute atomic E-state index is 0.0333. The Morgan fingerprint density at radius 1 is 1.40 bits per heavy atom. The van der Waals surface area contributed by atoms with Gasteiger partial charge in [-0.2, -0.15) is 0 Å². The highest BCUT2D eigenvalue weighted by molar-refractivity contribution is 7.98. The van der Waals surface area contributed by atoms with Crippen LogP contribution in [0.3, 0.4) is 0 Å². The maximum Gasteiger partial charge on any atom is 0.303 e. The van der Waals surface area contributed by atoms with Crippen LogP contribution in [0.2, 0.25) is 0 Å². The highest BCUT2D eigenvalue weighted by Gasteiger charge is 2.10. The molecule has 0 unspecified atom stereocenters. The molecule has 0 heterocycles. The summed E-state index contributed by atoms with van der Waals surface area (Å²) in [6.45, 7) is 0. The van der Waals surface area contributed by atoms with Crippen LogP contribution in [0, 0.1) is 11.6 Å². The van der Waals surface area contributed by atoms with Crippen molar-refractivity contribution in [3.05, 3.63) is 29.3 Å². The van der Waals surface area contributed by atoms with Crippen molar-refractivity contribution in [2.24, 2.45) is 0 Å². The third-order valence-corrected chi connectivity index (χ3v) is 2.69. The highest BCUT2D eigenvalue weighted by atomic mass is 32.2. The molecule has 0 saturated heterocycles. The van der Waals surface area contributed by atoms with Crippen LogP contribution in [0.1, 0.15) is 12.0 Å². The van der Waals surface area contributed by atoms with Crippen LogP contribution in [0.25, 0.3) is 0 Å². The molecule has 82 valence electrons. The molecule has 0 aliphatic carbocycles. The molecular formula is C10H10F2O2S. The van der Waals surface area contributed by atoms with Crippen LogP contribution < -0.4 is 0 Å². The lowest BCUT2D eigenvalue weighted by Crippen LogP contribution is -1.99. The van der Waals surface area contributed by atoms with Crippen LogP contribution in [-0.2, 0) is 11.2 Å². The second kappa shape index (κ2) is 5.11. The van der Waals surface area contributed by atoms with Gasteiger partial charge in [0.1, 0.15) is 11.6 Å². The molecule has 0 amide bonds. The van der Waals surface area contributed by atoms with Gasteiger partial charge in [0.15, 0.2) is 0 Å². The van der Waals surface area contributed by atoms with E-state index in [4.69, 9.17) is 5.11 Å². The summed E-state index contributed by atoms with van der Waals surface area (Å²) in [6.07, 6.45) is 1.59. The molecule has 2 nitrogen and oxygen atoms in total. The van der Waals surface area contributed by atoms with E-state index in [1.165, 1.54) is 12.1 Å². The van der Waals surface area contributed by atoms with Crippen molar-refractivity contribution in [2.75, 3.05) is 6.26 Å². The average Bonchev–Trinajstić information content (AvgIpc) is 2.14. The number of benzene rings is 1. The van der Waals surface area contributed by atoms with Gasteiger partial charge in [0.25, 0.3) is 0 Å². The predicted molar refractivity (Wildman–Crippen MR) is 54.1 cm³/mol. The molecule has 5 heteroatoms. The average molecular weight is 232 g/mol. The number of rotatable bonds is 4. The van der Waals surface area contributed by atoms with Gasteiger partial charge in [-0.3, -0.25) is 4.79 Å². The third-order valence-electron chi connectivity index (χ3n) is 1.89. The first kappa shape index (κ1) is 12.0. The molecule has 0 bridgehead atoms. The number of carboxylic acid groups (broad SMARTS) is 1. The zero-order valence-corrected chi connectivity index (χ0v) is 8.91. The quantitative estimate of drug-likeness (QED) is 0.811. The van der Waals surface area contributed by atoms with Gasteiger partial charge in [0.05, 0.1) is 4.90 Å². The van der Waals surface area contributed by atoms with Crippen LogP contribution >= 0.6 is 11.8 Å². The SMILES string of the molecule is CSc1c(F)cc(CCC(=O)O)cc1F. The van der Waals surface area contributed by atoms with Crippen molar-refractivity contribution in [3.63, 3.8) is 0 Å². The summed E-state index contributed by atoms with van der Waals surface area (Å²) in [5, 5.41) is 8.42. The third kappa shape index (κ3) is 3.20. The van der Waals surface area contributed by atoms with E-state index in [0.717, 1.165) is 11.8 Å². The van der Waals surface area contributed by atoms with E-state index in [9.17, 15) is 13.6 Å². The molecule has 15 heavy (non-hydrogen) atoms. The van der Waals surface area contributed by atoms with Crippen molar-refractivity contribution in [3.8, 4) is 0 Å². The fourth-order valence-corrected chi connectivity index (χ4v) is 1.71. The molecule has 0 radical (unpaired) electrons. The van der Waals surface area contributed by atoms with Gasteiger partial charge in [-0.05, 0) is 30.4 Å². The van der Waals surface area contributed by atoms with Gasteiger partial charge in [-0.25, -0.2) is 8.78 Å². The van der Waals surface area contributed by atoms with E-state index in [1.54, 1.807) is 6.26 Å². The second-order valence-electron chi connectivity index (χ2n) is 2.99. The molecule has 1 N–H and O–H groups in total. The summed E-state index contributed by atoms with van der Waals surface area (Å²) < 4.78 is 26.5. The van der Waals surface area contributed by atoms with Gasteiger partial charge < -0.3 is 5.11 Å². The molecule has 0 fully saturated rings. The summed E-state index contributed by atoms with van der Waals surface area (Å²) in [7, 11) is 0. The van der Waals surface area contributed by atoms with Gasteiger partial charge in [-0.15, -0.1) is 11.8 Å². The van der Waals surface area contributed by atoms with E-state index in [-0.39, 0.29) is 17.7 Å². The smallest absolute Gasteiger partial charge is 0.303 e. The molecule has 0 aromatic heterocycles. The maximum atomic E-state index is 13.2. The normalized spacial score (nSPS) is 10.3. The predicted octanol–water partition coefficient (Wildman–Crippen LogP) is 2.70. The van der Waals surface area contributed by atoms with Crippen molar-refractivity contribution >= 4 is 17.7 Å². The zero-order valence-electron chi connectivity index (χ0n) is 8.09. The van der Waals surface area contributed by atoms with Gasteiger partial charge in [0.2, 0.25) is 0 Å². The van der Waals surface area contributed by atoms with E-state index < -0.39 is 17.6 Å². The lowest BCUT2D eigenvalue weighted by atomic mass is 10.1. The molecule has 0 spiro atoms. The topological polar surface area (TPSA) is 37.3 Å². The maximum absolute atomic E-state index is 13.2. The molecule has 1 aromatic rings. The van der Waals surface area contributed by atoms with Gasteiger partial charge in [-0.1, -0.05) is 0 Å². The Balaban J connectivity index is 2.88. The summed E-state index contributed by atoms with van der Waals surface area (Å²) in [5.41, 5.74) is 0.366. The minimum atomic E-state index is -0.982. The summed E-state index contributed by atoms with van der Waals surface area (Å²) >= 11 is 0.989. The number of aliphatic carboxylic acids is 1. The number of thioether (sulfide) groups is 1. The lowest BCUT2D eigenvalue weighted by molar-refractivity contribution is -0.136. The minimum Gasteiger partial charge on any atom is -0.481 e. The van der Waals surface area contributed by atoms with Crippen LogP contribution in [0.15, 0.2) is 17.0 Å². The standard InChI is InChI=1S/C10H10F2O2S/c1-15-10-7(11)4-6(5-8(10)12)2-3-9(13)14/h4-5H,2-3H2,1H3,(H,13,14). The van der Waals surface area contributed by atoms with E-state index >= 15 is 0 Å². The zero-order chi connectivity index (χ0) is 11.4. The van der Waals surface area contributed by atoms with E-state index in [2.05, 4.69) is 0 Å². The van der Waals surface area contributed by atoms with E-state index in [1.807, 2.05) is 0 Å². The Hall–Kier alpha value is -1.10. The number of halogens is 2. The summed E-state index contributed by atoms with van der Waals surface area (Å²) in [5.74, 6) is -2.25. The largest absolute Gasteiger partial charge is 0.481 e. The molecular weight excluding hydrogens is 222 g/mol. The van der Waals surface area contributed by atoms with Crippen LogP contribution in [-0.4, -0.2) is 17.3 Å².